The molecule has 0 radical (unpaired) electrons. The zero-order valence-electron chi connectivity index (χ0n) is 13.6. The zero-order valence-corrected chi connectivity index (χ0v) is 13.6. The van der Waals surface area contributed by atoms with Crippen molar-refractivity contribution in [3.63, 3.8) is 0 Å². The van der Waals surface area contributed by atoms with Crippen molar-refractivity contribution < 1.29 is 23.1 Å². The quantitative estimate of drug-likeness (QED) is 0.865. The first-order chi connectivity index (χ1) is 12.3. The molecule has 0 spiro atoms. The number of halogens is 3. The second-order valence-corrected chi connectivity index (χ2v) is 5.88. The number of carboxylic acid groups (broad SMARTS) is 1. The van der Waals surface area contributed by atoms with Crippen LogP contribution in [0, 0.1) is 17.2 Å². The molecule has 2 N–H and O–H groups in total. The molecule has 2 atom stereocenters. The molecule has 0 aromatic heterocycles. The Kier molecular flexibility index (Phi) is 4.24. The van der Waals surface area contributed by atoms with E-state index in [0.29, 0.717) is 11.3 Å². The lowest BCUT2D eigenvalue weighted by molar-refractivity contribution is -0.0904. The van der Waals surface area contributed by atoms with Crippen molar-refractivity contribution in [1.29, 1.82) is 5.26 Å². The molecule has 2 unspecified atom stereocenters. The van der Waals surface area contributed by atoms with Crippen molar-refractivity contribution in [3.8, 4) is 6.07 Å². The average Bonchev–Trinajstić information content (AvgIpc) is 2.97. The molecule has 26 heavy (non-hydrogen) atoms. The Hall–Kier alpha value is -3.21. The summed E-state index contributed by atoms with van der Waals surface area (Å²) in [5, 5.41) is 20.9. The number of carbonyl (C=O) groups is 1. The van der Waals surface area contributed by atoms with Crippen molar-refractivity contribution in [1.82, 2.24) is 5.32 Å². The lowest BCUT2D eigenvalue weighted by Gasteiger charge is -2.31. The van der Waals surface area contributed by atoms with Crippen LogP contribution in [0.2, 0.25) is 0 Å². The van der Waals surface area contributed by atoms with E-state index >= 15 is 0 Å². The highest BCUT2D eigenvalue weighted by atomic mass is 19.4. The minimum Gasteiger partial charge on any atom is -0.478 e. The number of aromatic carboxylic acids is 1. The SMILES string of the molecule is CNC1=CC2C(C#N)=CN(c3ccc(C(=O)O)cc3)C2C=C1C(F)(F)F. The van der Waals surface area contributed by atoms with Crippen molar-refractivity contribution in [2.24, 2.45) is 5.92 Å². The maximum Gasteiger partial charge on any atom is 0.418 e. The second kappa shape index (κ2) is 6.26. The van der Waals surface area contributed by atoms with Crippen LogP contribution >= 0.6 is 0 Å². The fourth-order valence-corrected chi connectivity index (χ4v) is 3.17. The molecule has 1 aromatic rings. The van der Waals surface area contributed by atoms with E-state index in [1.165, 1.54) is 43.6 Å². The van der Waals surface area contributed by atoms with Gasteiger partial charge in [0, 0.05) is 30.5 Å². The number of hydrogen-bond donors (Lipinski definition) is 2. The molecule has 2 aliphatic rings. The monoisotopic (exact) mass is 361 g/mol. The predicted molar refractivity (Wildman–Crippen MR) is 88.1 cm³/mol. The second-order valence-electron chi connectivity index (χ2n) is 5.88. The van der Waals surface area contributed by atoms with Crippen molar-refractivity contribution >= 4 is 11.7 Å². The summed E-state index contributed by atoms with van der Waals surface area (Å²) in [6.45, 7) is 0. The van der Waals surface area contributed by atoms with Gasteiger partial charge in [0.15, 0.2) is 0 Å². The zero-order chi connectivity index (χ0) is 19.1. The fourth-order valence-electron chi connectivity index (χ4n) is 3.17. The Morgan fingerprint density at radius 1 is 1.27 bits per heavy atom. The van der Waals surface area contributed by atoms with Gasteiger partial charge < -0.3 is 15.3 Å². The van der Waals surface area contributed by atoms with Crippen molar-refractivity contribution in [2.75, 3.05) is 11.9 Å². The molecule has 1 aliphatic heterocycles. The number of nitrogens with one attached hydrogen (secondary N) is 1. The van der Waals surface area contributed by atoms with Crippen molar-refractivity contribution in [2.45, 2.75) is 12.2 Å². The van der Waals surface area contributed by atoms with Gasteiger partial charge in [0.25, 0.3) is 0 Å². The van der Waals surface area contributed by atoms with E-state index in [2.05, 4.69) is 5.32 Å². The maximum absolute atomic E-state index is 13.4. The highest BCUT2D eigenvalue weighted by Crippen LogP contribution is 2.42. The third kappa shape index (κ3) is 2.92. The minimum absolute atomic E-state index is 0.0667. The van der Waals surface area contributed by atoms with Crippen LogP contribution in [0.1, 0.15) is 10.4 Å². The number of hydrogen-bond acceptors (Lipinski definition) is 4. The van der Waals surface area contributed by atoms with Gasteiger partial charge in [-0.25, -0.2) is 4.79 Å². The van der Waals surface area contributed by atoms with Crippen LogP contribution in [-0.4, -0.2) is 30.3 Å². The number of alkyl halides is 3. The Balaban J connectivity index is 2.04. The highest BCUT2D eigenvalue weighted by molar-refractivity contribution is 5.88. The molecule has 1 aliphatic carbocycles. The first kappa shape index (κ1) is 17.6. The molecule has 1 heterocycles. The Morgan fingerprint density at radius 3 is 2.42 bits per heavy atom. The number of nitrogens with zero attached hydrogens (tertiary/aromatic N) is 2. The Bertz CT molecular complexity index is 876. The lowest BCUT2D eigenvalue weighted by Crippen LogP contribution is -2.36. The van der Waals surface area contributed by atoms with E-state index in [0.717, 1.165) is 6.08 Å². The third-order valence-electron chi connectivity index (χ3n) is 4.42. The van der Waals surface area contributed by atoms with Crippen LogP contribution in [0.25, 0.3) is 0 Å². The van der Waals surface area contributed by atoms with Gasteiger partial charge in [0.1, 0.15) is 0 Å². The van der Waals surface area contributed by atoms with Gasteiger partial charge >= 0.3 is 12.1 Å². The molecule has 8 heteroatoms. The summed E-state index contributed by atoms with van der Waals surface area (Å²) < 4.78 is 40.1. The molecule has 3 rings (SSSR count). The number of allylic oxidation sites excluding steroid dienone is 1. The van der Waals surface area contributed by atoms with Crippen molar-refractivity contribution in [3.05, 3.63) is 65.0 Å². The topological polar surface area (TPSA) is 76.4 Å². The average molecular weight is 361 g/mol. The standard InChI is InChI=1S/C18H14F3N3O2/c1-23-15-6-13-11(8-22)9-24(16(13)7-14(15)18(19,20)21)12-4-2-10(3-5-12)17(25)26/h2-7,9,13,16,23H,1H3,(H,25,26). The first-order valence-corrected chi connectivity index (χ1v) is 7.68. The molecule has 0 bridgehead atoms. The van der Waals surface area contributed by atoms with E-state index in [1.807, 2.05) is 6.07 Å². The normalized spacial score (nSPS) is 22.0. The fraction of sp³-hybridized carbons (Fsp3) is 0.222. The van der Waals surface area contributed by atoms with Crippen LogP contribution in [0.4, 0.5) is 18.9 Å². The largest absolute Gasteiger partial charge is 0.478 e. The lowest BCUT2D eigenvalue weighted by atomic mass is 9.86. The number of anilines is 1. The number of likely N-dealkylation sites (N-methyl/N-ethyl adjacent to an activating group) is 1. The van der Waals surface area contributed by atoms with Gasteiger partial charge in [-0.05, 0) is 36.4 Å². The predicted octanol–water partition coefficient (Wildman–Crippen LogP) is 3.20. The Labute approximate surface area is 147 Å². The molecule has 0 saturated heterocycles. The molecule has 5 nitrogen and oxygen atoms in total. The molecule has 1 aromatic carbocycles. The Morgan fingerprint density at radius 2 is 1.92 bits per heavy atom. The molecule has 0 fully saturated rings. The summed E-state index contributed by atoms with van der Waals surface area (Å²) in [7, 11) is 1.40. The summed E-state index contributed by atoms with van der Waals surface area (Å²) in [5.41, 5.74) is 0.0577. The summed E-state index contributed by atoms with van der Waals surface area (Å²) in [6, 6.07) is 7.08. The summed E-state index contributed by atoms with van der Waals surface area (Å²) in [4.78, 5) is 12.5. The first-order valence-electron chi connectivity index (χ1n) is 7.68. The smallest absolute Gasteiger partial charge is 0.418 e. The van der Waals surface area contributed by atoms with E-state index in [9.17, 15) is 23.2 Å². The molecular weight excluding hydrogens is 347 g/mol. The number of benzene rings is 1. The number of nitriles is 1. The number of carboxylic acids is 1. The van der Waals surface area contributed by atoms with Gasteiger partial charge in [-0.3, -0.25) is 0 Å². The van der Waals surface area contributed by atoms with E-state index in [4.69, 9.17) is 5.11 Å². The molecule has 0 saturated carbocycles. The van der Waals surface area contributed by atoms with E-state index < -0.39 is 29.7 Å². The van der Waals surface area contributed by atoms with Gasteiger partial charge in [-0.15, -0.1) is 0 Å². The molecule has 0 amide bonds. The van der Waals surface area contributed by atoms with Crippen LogP contribution in [-0.2, 0) is 0 Å². The van der Waals surface area contributed by atoms with E-state index in [1.54, 1.807) is 4.90 Å². The highest BCUT2D eigenvalue weighted by Gasteiger charge is 2.44. The minimum atomic E-state index is -4.53. The van der Waals surface area contributed by atoms with Crippen LogP contribution < -0.4 is 10.2 Å². The third-order valence-corrected chi connectivity index (χ3v) is 4.42. The van der Waals surface area contributed by atoms with Crippen LogP contribution in [0.3, 0.4) is 0 Å². The van der Waals surface area contributed by atoms with E-state index in [-0.39, 0.29) is 11.3 Å². The number of rotatable bonds is 3. The maximum atomic E-state index is 13.4. The van der Waals surface area contributed by atoms with Crippen LogP contribution in [0.15, 0.2) is 59.5 Å². The summed E-state index contributed by atoms with van der Waals surface area (Å²) >= 11 is 0. The van der Waals surface area contributed by atoms with Crippen LogP contribution in [0.5, 0.6) is 0 Å². The van der Waals surface area contributed by atoms with Gasteiger partial charge in [0.2, 0.25) is 0 Å². The summed E-state index contributed by atoms with van der Waals surface area (Å²) in [6.07, 6.45) is -0.518. The van der Waals surface area contributed by atoms with Gasteiger partial charge in [-0.1, -0.05) is 0 Å². The molecular formula is C18H14F3N3O2. The summed E-state index contributed by atoms with van der Waals surface area (Å²) in [5.74, 6) is -1.62. The van der Waals surface area contributed by atoms with Gasteiger partial charge in [-0.2, -0.15) is 18.4 Å². The molecule has 134 valence electrons. The van der Waals surface area contributed by atoms with Gasteiger partial charge in [0.05, 0.1) is 28.8 Å². The number of fused-ring (bicyclic) bond motifs is 1.